The fourth-order valence-corrected chi connectivity index (χ4v) is 3.06. The first-order valence-electron chi connectivity index (χ1n) is 8.13. The highest BCUT2D eigenvalue weighted by Gasteiger charge is 2.24. The lowest BCUT2D eigenvalue weighted by Crippen LogP contribution is -2.34. The van der Waals surface area contributed by atoms with Gasteiger partial charge in [0.1, 0.15) is 0 Å². The van der Waals surface area contributed by atoms with Crippen LogP contribution in [-0.4, -0.2) is 67.9 Å². The van der Waals surface area contributed by atoms with Crippen LogP contribution < -0.4 is 15.8 Å². The van der Waals surface area contributed by atoms with Crippen LogP contribution in [0.4, 0.5) is 5.69 Å². The Bertz CT molecular complexity index is 776. The van der Waals surface area contributed by atoms with E-state index in [1.807, 2.05) is 0 Å². The molecule has 1 fully saturated rings. The molecule has 1 saturated heterocycles. The van der Waals surface area contributed by atoms with Crippen molar-refractivity contribution in [1.29, 1.82) is 0 Å². The lowest BCUT2D eigenvalue weighted by Gasteiger charge is -2.18. The number of sulfonamides is 1. The molecule has 0 spiro atoms. The zero-order valence-electron chi connectivity index (χ0n) is 14.8. The van der Waals surface area contributed by atoms with Gasteiger partial charge in [-0.05, 0) is 12.3 Å². The summed E-state index contributed by atoms with van der Waals surface area (Å²) in [7, 11) is -0.199. The Morgan fingerprint density at radius 2 is 2.20 bits per heavy atom. The van der Waals surface area contributed by atoms with Gasteiger partial charge >= 0.3 is 0 Å². The van der Waals surface area contributed by atoms with Crippen LogP contribution in [0.25, 0.3) is 0 Å². The number of anilines is 1. The predicted molar refractivity (Wildman–Crippen MR) is 94.9 cm³/mol. The van der Waals surface area contributed by atoms with Crippen LogP contribution in [-0.2, 0) is 21.9 Å². The zero-order chi connectivity index (χ0) is 18.6. The second-order valence-electron chi connectivity index (χ2n) is 6.41. The molecule has 1 aromatic rings. The van der Waals surface area contributed by atoms with Crippen molar-refractivity contribution in [3.8, 4) is 0 Å². The molecule has 1 aliphatic rings. The predicted octanol–water partition coefficient (Wildman–Crippen LogP) is -0.996. The Balaban J connectivity index is 1.76. The van der Waals surface area contributed by atoms with Gasteiger partial charge in [-0.2, -0.15) is 5.10 Å². The summed E-state index contributed by atoms with van der Waals surface area (Å²) >= 11 is 0. The SMILES string of the molecule is CN(CCC(=O)NC[C@@H]1CCN(c2cnn(C)c(=O)c2)C1)S(C)(=O)=O. The highest BCUT2D eigenvalue weighted by molar-refractivity contribution is 7.88. The standard InChI is InChI=1S/C15H25N5O4S/c1-18(25(3,23)24)6-5-14(21)16-9-12-4-7-20(11-12)13-8-15(22)19(2)17-10-13/h8,10,12H,4-7,9,11H2,1-3H3,(H,16,21)/t12-/m0/s1. The van der Waals surface area contributed by atoms with Crippen LogP contribution in [0.5, 0.6) is 0 Å². The summed E-state index contributed by atoms with van der Waals surface area (Å²) in [6.07, 6.45) is 3.84. The monoisotopic (exact) mass is 371 g/mol. The molecule has 0 unspecified atom stereocenters. The number of nitrogens with zero attached hydrogens (tertiary/aromatic N) is 4. The molecule has 9 nitrogen and oxygen atoms in total. The number of aromatic nitrogens is 2. The summed E-state index contributed by atoms with van der Waals surface area (Å²) in [5.41, 5.74) is 0.649. The number of carbonyl (C=O) groups is 1. The first-order chi connectivity index (χ1) is 11.7. The summed E-state index contributed by atoms with van der Waals surface area (Å²) < 4.78 is 25.0. The minimum Gasteiger partial charge on any atom is -0.370 e. The minimum atomic E-state index is -3.26. The van der Waals surface area contributed by atoms with Crippen molar-refractivity contribution in [2.75, 3.05) is 44.4 Å². The van der Waals surface area contributed by atoms with E-state index >= 15 is 0 Å². The van der Waals surface area contributed by atoms with Crippen molar-refractivity contribution in [1.82, 2.24) is 19.4 Å². The maximum Gasteiger partial charge on any atom is 0.268 e. The fraction of sp³-hybridized carbons (Fsp3) is 0.667. The van der Waals surface area contributed by atoms with E-state index < -0.39 is 10.0 Å². The van der Waals surface area contributed by atoms with Crippen LogP contribution in [0.2, 0.25) is 0 Å². The van der Waals surface area contributed by atoms with E-state index in [1.54, 1.807) is 19.3 Å². The molecule has 1 aromatic heterocycles. The molecule has 1 amide bonds. The van der Waals surface area contributed by atoms with Gasteiger partial charge in [-0.15, -0.1) is 0 Å². The van der Waals surface area contributed by atoms with Gasteiger partial charge in [0.15, 0.2) is 0 Å². The minimum absolute atomic E-state index is 0.138. The molecule has 1 aliphatic heterocycles. The van der Waals surface area contributed by atoms with Gasteiger partial charge in [-0.25, -0.2) is 17.4 Å². The van der Waals surface area contributed by atoms with Gasteiger partial charge < -0.3 is 10.2 Å². The van der Waals surface area contributed by atoms with Gasteiger partial charge in [0.25, 0.3) is 5.56 Å². The fourth-order valence-electron chi connectivity index (χ4n) is 2.64. The summed E-state index contributed by atoms with van der Waals surface area (Å²) in [6.45, 7) is 2.27. The van der Waals surface area contributed by atoms with Crippen LogP contribution in [0.1, 0.15) is 12.8 Å². The van der Waals surface area contributed by atoms with E-state index in [2.05, 4.69) is 15.3 Å². The molecular formula is C15H25N5O4S. The van der Waals surface area contributed by atoms with E-state index in [4.69, 9.17) is 0 Å². The molecule has 0 aliphatic carbocycles. The molecule has 1 N–H and O–H groups in total. The van der Waals surface area contributed by atoms with Gasteiger partial charge in [-0.1, -0.05) is 0 Å². The highest BCUT2D eigenvalue weighted by Crippen LogP contribution is 2.21. The van der Waals surface area contributed by atoms with Crippen molar-refractivity contribution in [3.05, 3.63) is 22.6 Å². The Morgan fingerprint density at radius 3 is 2.84 bits per heavy atom. The number of hydrogen-bond donors (Lipinski definition) is 1. The van der Waals surface area contributed by atoms with Gasteiger partial charge in [0.05, 0.1) is 18.1 Å². The molecule has 0 aromatic carbocycles. The third-order valence-electron chi connectivity index (χ3n) is 4.41. The first kappa shape index (κ1) is 19.4. The van der Waals surface area contributed by atoms with E-state index in [0.717, 1.165) is 35.8 Å². The molecule has 25 heavy (non-hydrogen) atoms. The Labute approximate surface area is 147 Å². The number of aryl methyl sites for hydroxylation is 1. The molecular weight excluding hydrogens is 346 g/mol. The maximum absolute atomic E-state index is 11.9. The normalized spacial score (nSPS) is 17.9. The average molecular weight is 371 g/mol. The summed E-state index contributed by atoms with van der Waals surface area (Å²) in [4.78, 5) is 25.6. The molecule has 2 heterocycles. The molecule has 0 bridgehead atoms. The smallest absolute Gasteiger partial charge is 0.268 e. The van der Waals surface area contributed by atoms with Gasteiger partial charge in [0, 0.05) is 52.8 Å². The molecule has 1 atom stereocenters. The number of hydrogen-bond acceptors (Lipinski definition) is 6. The topological polar surface area (TPSA) is 105 Å². The second kappa shape index (κ2) is 7.96. The lowest BCUT2D eigenvalue weighted by atomic mass is 10.1. The van der Waals surface area contributed by atoms with E-state index in [9.17, 15) is 18.0 Å². The number of carbonyl (C=O) groups excluding carboxylic acids is 1. The second-order valence-corrected chi connectivity index (χ2v) is 8.50. The zero-order valence-corrected chi connectivity index (χ0v) is 15.6. The highest BCUT2D eigenvalue weighted by atomic mass is 32.2. The summed E-state index contributed by atoms with van der Waals surface area (Å²) in [5.74, 6) is 0.129. The number of rotatable bonds is 7. The average Bonchev–Trinajstić information content (AvgIpc) is 3.01. The summed E-state index contributed by atoms with van der Waals surface area (Å²) in [6, 6.07) is 1.56. The van der Waals surface area contributed by atoms with Gasteiger partial charge in [-0.3, -0.25) is 9.59 Å². The third-order valence-corrected chi connectivity index (χ3v) is 5.73. The van der Waals surface area contributed by atoms with Crippen LogP contribution in [0.15, 0.2) is 17.1 Å². The Kier molecular flexibility index (Phi) is 6.17. The van der Waals surface area contributed by atoms with Crippen molar-refractivity contribution in [2.24, 2.45) is 13.0 Å². The molecule has 2 rings (SSSR count). The molecule has 10 heteroatoms. The largest absolute Gasteiger partial charge is 0.370 e. The van der Waals surface area contributed by atoms with E-state index in [1.165, 1.54) is 11.7 Å². The van der Waals surface area contributed by atoms with Crippen LogP contribution in [0, 0.1) is 5.92 Å². The Morgan fingerprint density at radius 1 is 1.48 bits per heavy atom. The van der Waals surface area contributed by atoms with E-state index in [-0.39, 0.29) is 24.4 Å². The maximum atomic E-state index is 11.9. The van der Waals surface area contributed by atoms with Crippen molar-refractivity contribution >= 4 is 21.6 Å². The first-order valence-corrected chi connectivity index (χ1v) is 9.98. The third kappa shape index (κ3) is 5.53. The molecule has 0 radical (unpaired) electrons. The van der Waals surface area contributed by atoms with Crippen LogP contribution >= 0.6 is 0 Å². The van der Waals surface area contributed by atoms with E-state index in [0.29, 0.717) is 12.5 Å². The van der Waals surface area contributed by atoms with Crippen molar-refractivity contribution in [3.63, 3.8) is 0 Å². The lowest BCUT2D eigenvalue weighted by molar-refractivity contribution is -0.121. The van der Waals surface area contributed by atoms with Gasteiger partial charge in [0.2, 0.25) is 15.9 Å². The molecule has 0 saturated carbocycles. The molecule has 140 valence electrons. The number of nitrogens with one attached hydrogen (secondary N) is 1. The van der Waals surface area contributed by atoms with Crippen molar-refractivity contribution in [2.45, 2.75) is 12.8 Å². The number of amides is 1. The van der Waals surface area contributed by atoms with Crippen molar-refractivity contribution < 1.29 is 13.2 Å². The Hall–Kier alpha value is -1.94. The van der Waals surface area contributed by atoms with Crippen LogP contribution in [0.3, 0.4) is 0 Å². The quantitative estimate of drug-likeness (QED) is 0.660. The summed E-state index contributed by atoms with van der Waals surface area (Å²) in [5, 5.41) is 6.88.